The average Bonchev–Trinajstić information content (AvgIpc) is 2.71. The first-order valence-corrected chi connectivity index (χ1v) is 8.21. The van der Waals surface area contributed by atoms with Crippen molar-refractivity contribution in [1.29, 1.82) is 0 Å². The van der Waals surface area contributed by atoms with E-state index in [1.54, 1.807) is 0 Å². The van der Waals surface area contributed by atoms with Crippen molar-refractivity contribution in [3.05, 3.63) is 11.6 Å². The Balaban J connectivity index is 1.95. The van der Waals surface area contributed by atoms with Crippen LogP contribution in [0.4, 0.5) is 0 Å². The molecule has 3 heteroatoms. The van der Waals surface area contributed by atoms with Crippen LogP contribution in [0, 0.1) is 16.7 Å². The van der Waals surface area contributed by atoms with E-state index >= 15 is 0 Å². The molecule has 2 saturated carbocycles. The van der Waals surface area contributed by atoms with E-state index in [4.69, 9.17) is 4.74 Å². The van der Waals surface area contributed by atoms with Gasteiger partial charge in [-0.2, -0.15) is 0 Å². The van der Waals surface area contributed by atoms with Gasteiger partial charge in [-0.1, -0.05) is 26.8 Å². The van der Waals surface area contributed by atoms with Crippen molar-refractivity contribution in [3.63, 3.8) is 0 Å². The number of rotatable bonds is 5. The fourth-order valence-electron chi connectivity index (χ4n) is 4.15. The lowest BCUT2D eigenvalue weighted by molar-refractivity contribution is -0.152. The van der Waals surface area contributed by atoms with Gasteiger partial charge in [0.2, 0.25) is 0 Å². The standard InChI is InChI=1S/C18H31NO2/c1-13(8-7-11-19(5)6)16(20)21-15-12-14-9-10-18(15,4)17(14,2)3/h8,14-15H,7,9-12H2,1-6H3. The van der Waals surface area contributed by atoms with Crippen LogP contribution >= 0.6 is 0 Å². The lowest BCUT2D eigenvalue weighted by atomic mass is 9.70. The maximum absolute atomic E-state index is 12.3. The summed E-state index contributed by atoms with van der Waals surface area (Å²) in [6, 6.07) is 0. The Kier molecular flexibility index (Phi) is 4.53. The van der Waals surface area contributed by atoms with Crippen LogP contribution < -0.4 is 0 Å². The summed E-state index contributed by atoms with van der Waals surface area (Å²) in [7, 11) is 4.08. The molecule has 0 aromatic rings. The first-order chi connectivity index (χ1) is 9.68. The summed E-state index contributed by atoms with van der Waals surface area (Å²) in [5.74, 6) is 0.585. The van der Waals surface area contributed by atoms with Crippen molar-refractivity contribution in [2.75, 3.05) is 20.6 Å². The monoisotopic (exact) mass is 293 g/mol. The molecule has 2 fully saturated rings. The minimum atomic E-state index is -0.122. The van der Waals surface area contributed by atoms with Gasteiger partial charge in [0.1, 0.15) is 6.10 Å². The van der Waals surface area contributed by atoms with Gasteiger partial charge in [0.15, 0.2) is 0 Å². The van der Waals surface area contributed by atoms with Crippen LogP contribution in [-0.2, 0) is 9.53 Å². The summed E-state index contributed by atoms with van der Waals surface area (Å²) in [5.41, 5.74) is 1.19. The second-order valence-electron chi connectivity index (χ2n) is 7.98. The molecule has 21 heavy (non-hydrogen) atoms. The van der Waals surface area contributed by atoms with E-state index in [1.165, 1.54) is 12.8 Å². The number of carbonyl (C=O) groups excluding carboxylic acids is 1. The van der Waals surface area contributed by atoms with E-state index in [9.17, 15) is 4.79 Å². The quantitative estimate of drug-likeness (QED) is 0.572. The van der Waals surface area contributed by atoms with Gasteiger partial charge in [0.25, 0.3) is 0 Å². The summed E-state index contributed by atoms with van der Waals surface area (Å²) in [6.07, 6.45) is 6.50. The molecule has 3 unspecified atom stereocenters. The van der Waals surface area contributed by atoms with Gasteiger partial charge in [-0.15, -0.1) is 0 Å². The molecule has 2 aliphatic carbocycles. The molecule has 2 bridgehead atoms. The molecule has 0 aliphatic heterocycles. The largest absolute Gasteiger partial charge is 0.458 e. The molecule has 2 aliphatic rings. The Morgan fingerprint density at radius 1 is 1.33 bits per heavy atom. The zero-order valence-electron chi connectivity index (χ0n) is 14.5. The van der Waals surface area contributed by atoms with Crippen LogP contribution in [0.1, 0.15) is 53.4 Å². The lowest BCUT2D eigenvalue weighted by Gasteiger charge is -2.38. The van der Waals surface area contributed by atoms with Gasteiger partial charge in [-0.05, 0) is 58.0 Å². The summed E-state index contributed by atoms with van der Waals surface area (Å²) in [4.78, 5) is 14.4. The number of hydrogen-bond acceptors (Lipinski definition) is 3. The molecule has 0 N–H and O–H groups in total. The summed E-state index contributed by atoms with van der Waals surface area (Å²) in [6.45, 7) is 9.83. The van der Waals surface area contributed by atoms with Gasteiger partial charge >= 0.3 is 5.97 Å². The Labute approximate surface area is 129 Å². The highest BCUT2D eigenvalue weighted by atomic mass is 16.5. The molecule has 0 heterocycles. The van der Waals surface area contributed by atoms with Crippen molar-refractivity contribution < 1.29 is 9.53 Å². The van der Waals surface area contributed by atoms with Crippen LogP contribution in [-0.4, -0.2) is 37.6 Å². The average molecular weight is 293 g/mol. The third-order valence-electron chi connectivity index (χ3n) is 6.31. The number of ether oxygens (including phenoxy) is 1. The molecule has 0 saturated heterocycles. The summed E-state index contributed by atoms with van der Waals surface area (Å²) < 4.78 is 5.88. The van der Waals surface area contributed by atoms with Gasteiger partial charge in [0.05, 0.1) is 0 Å². The van der Waals surface area contributed by atoms with Gasteiger partial charge in [-0.3, -0.25) is 0 Å². The van der Waals surface area contributed by atoms with Crippen molar-refractivity contribution in [1.82, 2.24) is 4.90 Å². The predicted octanol–water partition coefficient (Wildman–Crippen LogP) is 3.64. The topological polar surface area (TPSA) is 29.5 Å². The highest BCUT2D eigenvalue weighted by molar-refractivity contribution is 5.87. The summed E-state index contributed by atoms with van der Waals surface area (Å²) >= 11 is 0. The third-order valence-corrected chi connectivity index (χ3v) is 6.31. The van der Waals surface area contributed by atoms with E-state index in [1.807, 2.05) is 27.1 Å². The second-order valence-corrected chi connectivity index (χ2v) is 7.98. The van der Waals surface area contributed by atoms with E-state index in [0.717, 1.165) is 25.0 Å². The minimum absolute atomic E-state index is 0.0935. The smallest absolute Gasteiger partial charge is 0.333 e. The normalized spacial score (nSPS) is 34.5. The zero-order valence-corrected chi connectivity index (χ0v) is 14.5. The van der Waals surface area contributed by atoms with Crippen LogP contribution in [0.2, 0.25) is 0 Å². The minimum Gasteiger partial charge on any atom is -0.458 e. The van der Waals surface area contributed by atoms with Crippen molar-refractivity contribution in [3.8, 4) is 0 Å². The third kappa shape index (κ3) is 2.90. The molecular weight excluding hydrogens is 262 g/mol. The first-order valence-electron chi connectivity index (χ1n) is 8.21. The maximum atomic E-state index is 12.3. The van der Waals surface area contributed by atoms with Gasteiger partial charge in [0, 0.05) is 17.5 Å². The van der Waals surface area contributed by atoms with Crippen LogP contribution in [0.5, 0.6) is 0 Å². The number of fused-ring (bicyclic) bond motifs is 2. The van der Waals surface area contributed by atoms with Crippen molar-refractivity contribution in [2.45, 2.75) is 59.5 Å². The number of hydrogen-bond donors (Lipinski definition) is 0. The Hall–Kier alpha value is -0.830. The van der Waals surface area contributed by atoms with Crippen molar-refractivity contribution >= 4 is 5.97 Å². The predicted molar refractivity (Wildman–Crippen MR) is 86.0 cm³/mol. The highest BCUT2D eigenvalue weighted by Crippen LogP contribution is 2.66. The lowest BCUT2D eigenvalue weighted by Crippen LogP contribution is -2.38. The fraction of sp³-hybridized carbons (Fsp3) is 0.833. The zero-order chi connectivity index (χ0) is 15.8. The molecule has 0 amide bonds. The van der Waals surface area contributed by atoms with E-state index in [2.05, 4.69) is 25.7 Å². The SMILES string of the molecule is CC(=CCCN(C)C)C(=O)OC1CC2CCC1(C)C2(C)C. The molecular formula is C18H31NO2. The Morgan fingerprint density at radius 3 is 2.48 bits per heavy atom. The number of nitrogens with zero attached hydrogens (tertiary/aromatic N) is 1. The van der Waals surface area contributed by atoms with Crippen molar-refractivity contribution in [2.24, 2.45) is 16.7 Å². The fourth-order valence-corrected chi connectivity index (χ4v) is 4.15. The molecule has 0 aromatic heterocycles. The van der Waals surface area contributed by atoms with Gasteiger partial charge < -0.3 is 9.64 Å². The first kappa shape index (κ1) is 16.5. The second kappa shape index (κ2) is 5.75. The highest BCUT2D eigenvalue weighted by Gasteiger charge is 2.62. The summed E-state index contributed by atoms with van der Waals surface area (Å²) in [5, 5.41) is 0. The number of carbonyl (C=O) groups is 1. The van der Waals surface area contributed by atoms with Crippen LogP contribution in [0.15, 0.2) is 11.6 Å². The van der Waals surface area contributed by atoms with Crippen LogP contribution in [0.25, 0.3) is 0 Å². The maximum Gasteiger partial charge on any atom is 0.333 e. The molecule has 0 radical (unpaired) electrons. The number of esters is 1. The Bertz CT molecular complexity index is 438. The molecule has 2 rings (SSSR count). The molecule has 0 spiro atoms. The van der Waals surface area contributed by atoms with Crippen LogP contribution in [0.3, 0.4) is 0 Å². The van der Waals surface area contributed by atoms with E-state index in [0.29, 0.717) is 11.3 Å². The van der Waals surface area contributed by atoms with Gasteiger partial charge in [-0.25, -0.2) is 4.79 Å². The van der Waals surface area contributed by atoms with E-state index < -0.39 is 0 Å². The molecule has 3 nitrogen and oxygen atoms in total. The molecule has 120 valence electrons. The van der Waals surface area contributed by atoms with E-state index in [-0.39, 0.29) is 17.5 Å². The molecule has 0 aromatic carbocycles. The molecule has 3 atom stereocenters. The Morgan fingerprint density at radius 2 is 2.00 bits per heavy atom.